The number of ether oxygens (including phenoxy) is 2. The molecule has 5 aromatic rings. The Bertz CT molecular complexity index is 2250. The van der Waals surface area contributed by atoms with Crippen LogP contribution in [0.25, 0.3) is 22.3 Å². The number of sulfone groups is 1. The number of aromatic amines is 1. The van der Waals surface area contributed by atoms with Gasteiger partial charge in [-0.1, -0.05) is 51.5 Å². The van der Waals surface area contributed by atoms with E-state index in [0.717, 1.165) is 11.1 Å². The molecule has 0 radical (unpaired) electrons. The number of aryl methyl sites for hydroxylation is 2. The van der Waals surface area contributed by atoms with Crippen LogP contribution in [0.5, 0.6) is 11.5 Å². The predicted molar refractivity (Wildman–Crippen MR) is 200 cm³/mol. The monoisotopic (exact) mass is 747 g/mol. The highest BCUT2D eigenvalue weighted by Crippen LogP contribution is 2.41. The van der Waals surface area contributed by atoms with Gasteiger partial charge in [-0.05, 0) is 73.4 Å². The molecular weight excluding hydrogens is 701 g/mol. The second-order valence-electron chi connectivity index (χ2n) is 14.9. The highest BCUT2D eigenvalue weighted by Gasteiger charge is 2.39. The van der Waals surface area contributed by atoms with E-state index in [2.05, 4.69) is 4.98 Å². The van der Waals surface area contributed by atoms with E-state index < -0.39 is 32.3 Å². The lowest BCUT2D eigenvalue weighted by atomic mass is 9.73. The quantitative estimate of drug-likeness (QED) is 0.174. The third-order valence-electron chi connectivity index (χ3n) is 10.2. The van der Waals surface area contributed by atoms with Crippen molar-refractivity contribution in [3.8, 4) is 22.9 Å². The molecule has 4 bridgehead atoms. The van der Waals surface area contributed by atoms with Crippen molar-refractivity contribution in [1.82, 2.24) is 19.7 Å². The summed E-state index contributed by atoms with van der Waals surface area (Å²) in [4.78, 5) is 20.4. The van der Waals surface area contributed by atoms with Crippen molar-refractivity contribution >= 4 is 26.7 Å². The Morgan fingerprint density at radius 2 is 1.91 bits per heavy atom. The number of nitrogens with two attached hydrogens (primary N) is 1. The van der Waals surface area contributed by atoms with E-state index in [-0.39, 0.29) is 59.2 Å². The summed E-state index contributed by atoms with van der Waals surface area (Å²) in [7, 11) is -1.95. The third kappa shape index (κ3) is 8.01. The number of aromatic nitrogens is 4. The molecule has 3 aromatic carbocycles. The van der Waals surface area contributed by atoms with Crippen LogP contribution in [0, 0.1) is 23.0 Å². The molecule has 1 aliphatic heterocycles. The Morgan fingerprint density at radius 3 is 2.66 bits per heavy atom. The van der Waals surface area contributed by atoms with Crippen LogP contribution in [0.15, 0.2) is 60.8 Å². The van der Waals surface area contributed by atoms with Gasteiger partial charge < -0.3 is 20.2 Å². The largest absolute Gasteiger partial charge is 0.466 e. The van der Waals surface area contributed by atoms with E-state index in [1.165, 1.54) is 28.9 Å². The fraction of sp³-hybridized carbons (Fsp3) is 0.425. The third-order valence-corrected chi connectivity index (χ3v) is 12.3. The maximum absolute atomic E-state index is 15.7. The number of nitrogens with zero attached hydrogens (tertiary/aromatic N) is 3. The molecule has 3 N–H and O–H groups in total. The predicted octanol–water partition coefficient (Wildman–Crippen LogP) is 7.19. The molecule has 2 aromatic heterocycles. The minimum Gasteiger partial charge on any atom is -0.466 e. The van der Waals surface area contributed by atoms with Crippen molar-refractivity contribution in [2.75, 3.05) is 24.7 Å². The van der Waals surface area contributed by atoms with Gasteiger partial charge in [0.05, 0.1) is 35.0 Å². The van der Waals surface area contributed by atoms with Crippen molar-refractivity contribution in [1.29, 1.82) is 0 Å². The molecule has 53 heavy (non-hydrogen) atoms. The summed E-state index contributed by atoms with van der Waals surface area (Å²) in [6.45, 7) is 7.84. The Balaban J connectivity index is 1.49. The van der Waals surface area contributed by atoms with Gasteiger partial charge in [0.25, 0.3) is 0 Å². The highest BCUT2D eigenvalue weighted by atomic mass is 32.2. The number of carbonyl (C=O) groups is 1. The first-order chi connectivity index (χ1) is 25.1. The van der Waals surface area contributed by atoms with E-state index in [9.17, 15) is 13.2 Å². The summed E-state index contributed by atoms with van der Waals surface area (Å²) in [5, 5.41) is 5.47. The molecule has 0 spiro atoms. The summed E-state index contributed by atoms with van der Waals surface area (Å²) in [6.07, 6.45) is 3.71. The Labute approximate surface area is 309 Å². The zero-order valence-corrected chi connectivity index (χ0v) is 31.7. The molecular formula is C40H47F2N5O5S. The van der Waals surface area contributed by atoms with Crippen LogP contribution in [0.4, 0.5) is 8.78 Å². The summed E-state index contributed by atoms with van der Waals surface area (Å²) < 4.78 is 71.8. The summed E-state index contributed by atoms with van der Waals surface area (Å²) in [5.41, 5.74) is 7.85. The second-order valence-corrected chi connectivity index (χ2v) is 17.1. The standard InChI is InChI=1S/C40H47F2N5O5S/c1-6-51-37(48)25(2)19-26-9-7-10-27(20-26)40(23-43)16-8-15-39(3,4)24-53(49,50)18-14-30-29-13-17-44-34(29)22-33(42)35(30)52-28-11-12-32(41)31(21-28)36-45-38(40)46-47(36)5/h7,9-13,17,20-22,25,44H,6,8,14-16,18-19,23-24,43H2,1-5H3. The molecule has 0 aliphatic carbocycles. The minimum atomic E-state index is -3.62. The first kappa shape index (κ1) is 38.1. The van der Waals surface area contributed by atoms with E-state index in [1.54, 1.807) is 26.2 Å². The zero-order valence-electron chi connectivity index (χ0n) is 30.8. The van der Waals surface area contributed by atoms with Gasteiger partial charge in [0.2, 0.25) is 0 Å². The number of halogens is 2. The molecule has 2 unspecified atom stereocenters. The number of hydrogen-bond donors (Lipinski definition) is 2. The fourth-order valence-electron chi connectivity index (χ4n) is 7.54. The average molecular weight is 748 g/mol. The zero-order chi connectivity index (χ0) is 38.1. The van der Waals surface area contributed by atoms with E-state index in [1.807, 2.05) is 45.0 Å². The van der Waals surface area contributed by atoms with Gasteiger partial charge in [0.15, 0.2) is 33.1 Å². The number of benzene rings is 3. The molecule has 10 nitrogen and oxygen atoms in total. The highest BCUT2D eigenvalue weighted by molar-refractivity contribution is 7.91. The van der Waals surface area contributed by atoms with Gasteiger partial charge in [0, 0.05) is 42.3 Å². The van der Waals surface area contributed by atoms with Crippen molar-refractivity contribution in [3.63, 3.8) is 0 Å². The van der Waals surface area contributed by atoms with Crippen molar-refractivity contribution in [2.24, 2.45) is 24.1 Å². The van der Waals surface area contributed by atoms with Crippen molar-refractivity contribution in [2.45, 2.75) is 65.2 Å². The van der Waals surface area contributed by atoms with Crippen LogP contribution in [-0.4, -0.2) is 58.8 Å². The molecule has 2 atom stereocenters. The Morgan fingerprint density at radius 1 is 1.11 bits per heavy atom. The average Bonchev–Trinajstić information content (AvgIpc) is 3.73. The van der Waals surface area contributed by atoms with Crippen LogP contribution in [0.3, 0.4) is 0 Å². The van der Waals surface area contributed by atoms with E-state index in [4.69, 9.17) is 25.3 Å². The van der Waals surface area contributed by atoms with Gasteiger partial charge in [-0.3, -0.25) is 4.79 Å². The molecule has 0 saturated carbocycles. The van der Waals surface area contributed by atoms with Gasteiger partial charge in [0.1, 0.15) is 11.6 Å². The molecule has 0 fully saturated rings. The fourth-order valence-corrected chi connectivity index (χ4v) is 9.54. The number of carbonyl (C=O) groups excluding carboxylic acids is 1. The molecule has 0 amide bonds. The molecule has 6 rings (SSSR count). The smallest absolute Gasteiger partial charge is 0.308 e. The van der Waals surface area contributed by atoms with Crippen LogP contribution >= 0.6 is 0 Å². The maximum atomic E-state index is 15.7. The van der Waals surface area contributed by atoms with Crippen molar-refractivity contribution < 1.29 is 31.5 Å². The first-order valence-electron chi connectivity index (χ1n) is 18.0. The lowest BCUT2D eigenvalue weighted by Crippen LogP contribution is -2.38. The molecule has 3 heterocycles. The summed E-state index contributed by atoms with van der Waals surface area (Å²) in [5.74, 6) is -1.61. The minimum absolute atomic E-state index is 0.0158. The van der Waals surface area contributed by atoms with Crippen LogP contribution < -0.4 is 10.5 Å². The molecule has 0 saturated heterocycles. The summed E-state index contributed by atoms with van der Waals surface area (Å²) >= 11 is 0. The Hall–Kier alpha value is -4.62. The number of H-pyrrole nitrogens is 1. The van der Waals surface area contributed by atoms with Crippen LogP contribution in [-0.2, 0) is 44.7 Å². The topological polar surface area (TPSA) is 142 Å². The lowest BCUT2D eigenvalue weighted by molar-refractivity contribution is -0.147. The number of rotatable bonds is 6. The van der Waals surface area contributed by atoms with Crippen LogP contribution in [0.1, 0.15) is 69.5 Å². The molecule has 1 aliphatic rings. The summed E-state index contributed by atoms with van der Waals surface area (Å²) in [6, 6.07) is 14.9. The Kier molecular flexibility index (Phi) is 10.8. The second kappa shape index (κ2) is 15.0. The van der Waals surface area contributed by atoms with Gasteiger partial charge in [-0.25, -0.2) is 26.9 Å². The van der Waals surface area contributed by atoms with Gasteiger partial charge in [-0.2, -0.15) is 5.10 Å². The van der Waals surface area contributed by atoms with E-state index in [0.29, 0.717) is 54.6 Å². The number of hydrogen-bond acceptors (Lipinski definition) is 8. The van der Waals surface area contributed by atoms with Gasteiger partial charge in [-0.15, -0.1) is 0 Å². The lowest BCUT2D eigenvalue weighted by Gasteiger charge is -2.33. The number of esters is 1. The van der Waals surface area contributed by atoms with Crippen molar-refractivity contribution in [3.05, 3.63) is 94.9 Å². The number of fused-ring (bicyclic) bond motifs is 8. The SMILES string of the molecule is CCOC(=O)C(C)Cc1cccc(C2(CN)CCCC(C)(C)CS(=O)(=O)CCc3c(c(F)cc4[nH]ccc34)Oc3ccc(F)c(c3)-c3nc2nn3C)c1. The maximum Gasteiger partial charge on any atom is 0.308 e. The number of nitrogens with one attached hydrogen (secondary N) is 1. The molecule has 282 valence electrons. The first-order valence-corrected chi connectivity index (χ1v) is 19.8. The van der Waals surface area contributed by atoms with Gasteiger partial charge >= 0.3 is 5.97 Å². The normalized spacial score (nSPS) is 19.4. The molecule has 13 heteroatoms. The van der Waals surface area contributed by atoms with E-state index >= 15 is 8.78 Å². The van der Waals surface area contributed by atoms with Crippen LogP contribution in [0.2, 0.25) is 0 Å².